The molecular weight excluding hydrogens is 250 g/mol. The molecule has 0 fully saturated rings. The largest absolute Gasteiger partial charge is 0.478 e. The molecule has 0 aliphatic carbocycles. The SMILES string of the molecule is O=C(O)C=Cc1cc(F)ccc1-c1ccccc1F. The second kappa shape index (κ2) is 5.44. The van der Waals surface area contributed by atoms with Gasteiger partial charge in [0.25, 0.3) is 0 Å². The van der Waals surface area contributed by atoms with Crippen LogP contribution in [0.15, 0.2) is 48.5 Å². The Morgan fingerprint density at radius 2 is 1.79 bits per heavy atom. The van der Waals surface area contributed by atoms with Crippen molar-refractivity contribution in [3.63, 3.8) is 0 Å². The highest BCUT2D eigenvalue weighted by Gasteiger charge is 2.09. The van der Waals surface area contributed by atoms with Gasteiger partial charge in [0.15, 0.2) is 0 Å². The van der Waals surface area contributed by atoms with E-state index in [1.165, 1.54) is 30.3 Å². The van der Waals surface area contributed by atoms with E-state index < -0.39 is 17.6 Å². The second-order valence-electron chi connectivity index (χ2n) is 3.88. The fraction of sp³-hybridized carbons (Fsp3) is 0. The van der Waals surface area contributed by atoms with Gasteiger partial charge in [-0.25, -0.2) is 13.6 Å². The fourth-order valence-electron chi connectivity index (χ4n) is 1.76. The first-order valence-corrected chi connectivity index (χ1v) is 5.53. The number of carbonyl (C=O) groups is 1. The van der Waals surface area contributed by atoms with Gasteiger partial charge in [-0.2, -0.15) is 0 Å². The quantitative estimate of drug-likeness (QED) is 0.854. The molecular formula is C15H10F2O2. The maximum atomic E-state index is 13.7. The molecule has 0 bridgehead atoms. The Morgan fingerprint density at radius 1 is 1.05 bits per heavy atom. The molecule has 0 aromatic heterocycles. The minimum Gasteiger partial charge on any atom is -0.478 e. The van der Waals surface area contributed by atoms with E-state index in [4.69, 9.17) is 5.11 Å². The molecule has 0 spiro atoms. The van der Waals surface area contributed by atoms with Gasteiger partial charge in [0.2, 0.25) is 0 Å². The average molecular weight is 260 g/mol. The number of benzene rings is 2. The lowest BCUT2D eigenvalue weighted by molar-refractivity contribution is -0.131. The molecule has 0 aliphatic rings. The van der Waals surface area contributed by atoms with Crippen molar-refractivity contribution in [2.45, 2.75) is 0 Å². The minimum atomic E-state index is -1.15. The van der Waals surface area contributed by atoms with Crippen molar-refractivity contribution in [1.82, 2.24) is 0 Å². The van der Waals surface area contributed by atoms with Gasteiger partial charge < -0.3 is 5.11 Å². The van der Waals surface area contributed by atoms with Crippen LogP contribution in [0.2, 0.25) is 0 Å². The van der Waals surface area contributed by atoms with E-state index in [0.29, 0.717) is 16.7 Å². The van der Waals surface area contributed by atoms with E-state index in [2.05, 4.69) is 0 Å². The Hall–Kier alpha value is -2.49. The first kappa shape index (κ1) is 13.0. The average Bonchev–Trinajstić information content (AvgIpc) is 2.37. The summed E-state index contributed by atoms with van der Waals surface area (Å²) in [6.07, 6.45) is 2.13. The monoisotopic (exact) mass is 260 g/mol. The Morgan fingerprint density at radius 3 is 2.47 bits per heavy atom. The van der Waals surface area contributed by atoms with Gasteiger partial charge in [-0.05, 0) is 35.4 Å². The second-order valence-corrected chi connectivity index (χ2v) is 3.88. The number of carboxylic acid groups (broad SMARTS) is 1. The molecule has 0 unspecified atom stereocenters. The molecule has 96 valence electrons. The zero-order valence-corrected chi connectivity index (χ0v) is 9.81. The maximum Gasteiger partial charge on any atom is 0.328 e. The van der Waals surface area contributed by atoms with Gasteiger partial charge >= 0.3 is 5.97 Å². The van der Waals surface area contributed by atoms with Crippen molar-refractivity contribution in [2.75, 3.05) is 0 Å². The molecule has 0 saturated heterocycles. The van der Waals surface area contributed by atoms with Crippen molar-refractivity contribution in [2.24, 2.45) is 0 Å². The van der Waals surface area contributed by atoms with Gasteiger partial charge in [-0.1, -0.05) is 24.3 Å². The van der Waals surface area contributed by atoms with Crippen LogP contribution in [-0.4, -0.2) is 11.1 Å². The molecule has 0 radical (unpaired) electrons. The summed E-state index contributed by atoms with van der Waals surface area (Å²) < 4.78 is 26.9. The fourth-order valence-corrected chi connectivity index (χ4v) is 1.76. The van der Waals surface area contributed by atoms with Crippen LogP contribution in [0.4, 0.5) is 8.78 Å². The summed E-state index contributed by atoms with van der Waals surface area (Å²) in [6, 6.07) is 9.86. The van der Waals surface area contributed by atoms with Crippen molar-refractivity contribution < 1.29 is 18.7 Å². The van der Waals surface area contributed by atoms with Gasteiger partial charge in [0.1, 0.15) is 11.6 Å². The number of carboxylic acids is 1. The lowest BCUT2D eigenvalue weighted by Gasteiger charge is -2.07. The highest BCUT2D eigenvalue weighted by Crippen LogP contribution is 2.27. The number of rotatable bonds is 3. The lowest BCUT2D eigenvalue weighted by Crippen LogP contribution is -1.91. The minimum absolute atomic E-state index is 0.299. The molecule has 2 aromatic rings. The number of hydrogen-bond acceptors (Lipinski definition) is 1. The highest BCUT2D eigenvalue weighted by molar-refractivity contribution is 5.87. The Labute approximate surface area is 108 Å². The third-order valence-corrected chi connectivity index (χ3v) is 2.58. The third kappa shape index (κ3) is 3.04. The number of aliphatic carboxylic acids is 1. The first-order chi connectivity index (χ1) is 9.08. The van der Waals surface area contributed by atoms with E-state index in [9.17, 15) is 13.6 Å². The van der Waals surface area contributed by atoms with Gasteiger partial charge in [-0.3, -0.25) is 0 Å². The summed E-state index contributed by atoms with van der Waals surface area (Å²) in [7, 11) is 0. The summed E-state index contributed by atoms with van der Waals surface area (Å²) in [5.74, 6) is -2.10. The zero-order valence-electron chi connectivity index (χ0n) is 9.81. The molecule has 4 heteroatoms. The van der Waals surface area contributed by atoms with Crippen LogP contribution in [0.3, 0.4) is 0 Å². The van der Waals surface area contributed by atoms with Crippen LogP contribution in [0.25, 0.3) is 17.2 Å². The van der Waals surface area contributed by atoms with Crippen LogP contribution >= 0.6 is 0 Å². The summed E-state index contributed by atoms with van der Waals surface area (Å²) in [5, 5.41) is 8.61. The van der Waals surface area contributed by atoms with Crippen LogP contribution < -0.4 is 0 Å². The molecule has 0 atom stereocenters. The molecule has 0 saturated carbocycles. The van der Waals surface area contributed by atoms with Crippen LogP contribution in [0.5, 0.6) is 0 Å². The standard InChI is InChI=1S/C15H10F2O2/c16-11-6-7-12(10(9-11)5-8-15(18)19)13-3-1-2-4-14(13)17/h1-9H,(H,18,19). The number of hydrogen-bond donors (Lipinski definition) is 1. The van der Waals surface area contributed by atoms with Crippen molar-refractivity contribution in [1.29, 1.82) is 0 Å². The van der Waals surface area contributed by atoms with Crippen molar-refractivity contribution >= 4 is 12.0 Å². The Kier molecular flexibility index (Phi) is 3.71. The van der Waals surface area contributed by atoms with Crippen LogP contribution in [0.1, 0.15) is 5.56 Å². The molecule has 0 heterocycles. The van der Waals surface area contributed by atoms with Crippen LogP contribution in [-0.2, 0) is 4.79 Å². The first-order valence-electron chi connectivity index (χ1n) is 5.53. The molecule has 0 aliphatic heterocycles. The highest BCUT2D eigenvalue weighted by atomic mass is 19.1. The van der Waals surface area contributed by atoms with E-state index in [1.54, 1.807) is 18.2 Å². The number of halogens is 2. The van der Waals surface area contributed by atoms with Crippen molar-refractivity contribution in [3.8, 4) is 11.1 Å². The van der Waals surface area contributed by atoms with E-state index in [0.717, 1.165) is 6.08 Å². The smallest absolute Gasteiger partial charge is 0.328 e. The molecule has 2 rings (SSSR count). The van der Waals surface area contributed by atoms with Gasteiger partial charge in [0, 0.05) is 11.6 Å². The third-order valence-electron chi connectivity index (χ3n) is 2.58. The molecule has 0 amide bonds. The summed E-state index contributed by atoms with van der Waals surface area (Å²) >= 11 is 0. The van der Waals surface area contributed by atoms with Crippen molar-refractivity contribution in [3.05, 3.63) is 65.7 Å². The molecule has 2 aromatic carbocycles. The van der Waals surface area contributed by atoms with Gasteiger partial charge in [0.05, 0.1) is 0 Å². The molecule has 1 N–H and O–H groups in total. The Balaban J connectivity index is 2.57. The molecule has 19 heavy (non-hydrogen) atoms. The summed E-state index contributed by atoms with van der Waals surface area (Å²) in [5.41, 5.74) is 1.05. The Bertz CT molecular complexity index is 648. The summed E-state index contributed by atoms with van der Waals surface area (Å²) in [6.45, 7) is 0. The molecule has 2 nitrogen and oxygen atoms in total. The van der Waals surface area contributed by atoms with Gasteiger partial charge in [-0.15, -0.1) is 0 Å². The maximum absolute atomic E-state index is 13.7. The lowest BCUT2D eigenvalue weighted by atomic mass is 9.98. The normalized spacial score (nSPS) is 10.8. The zero-order chi connectivity index (χ0) is 13.8. The van der Waals surface area contributed by atoms with E-state index >= 15 is 0 Å². The summed E-state index contributed by atoms with van der Waals surface area (Å²) in [4.78, 5) is 10.5. The predicted octanol–water partition coefficient (Wildman–Crippen LogP) is 3.73. The van der Waals surface area contributed by atoms with E-state index in [1.807, 2.05) is 0 Å². The van der Waals surface area contributed by atoms with E-state index in [-0.39, 0.29) is 0 Å². The van der Waals surface area contributed by atoms with Crippen LogP contribution in [0, 0.1) is 11.6 Å². The topological polar surface area (TPSA) is 37.3 Å². The predicted molar refractivity (Wildman–Crippen MR) is 68.5 cm³/mol.